The Kier molecular flexibility index (Phi) is 4.63. The second-order valence-corrected chi connectivity index (χ2v) is 5.75. The Morgan fingerprint density at radius 1 is 1.00 bits per heavy atom. The molecule has 1 aromatic heterocycles. The van der Waals surface area contributed by atoms with Crippen LogP contribution in [0.2, 0.25) is 5.02 Å². The van der Waals surface area contributed by atoms with Gasteiger partial charge in [-0.2, -0.15) is 0 Å². The Bertz CT molecular complexity index is 1050. The van der Waals surface area contributed by atoms with E-state index < -0.39 is 22.7 Å². The summed E-state index contributed by atoms with van der Waals surface area (Å²) >= 11 is 5.90. The summed E-state index contributed by atoms with van der Waals surface area (Å²) in [7, 11) is 0. The van der Waals surface area contributed by atoms with Crippen LogP contribution in [0.5, 0.6) is 0 Å². The van der Waals surface area contributed by atoms with Crippen LogP contribution in [0, 0.1) is 5.82 Å². The van der Waals surface area contributed by atoms with Crippen molar-refractivity contribution in [3.63, 3.8) is 0 Å². The van der Waals surface area contributed by atoms with Gasteiger partial charge >= 0.3 is 11.1 Å². The third-order valence-electron chi connectivity index (χ3n) is 3.62. The van der Waals surface area contributed by atoms with E-state index in [4.69, 9.17) is 11.6 Å². The molecule has 7 heteroatoms. The first-order valence-corrected chi connectivity index (χ1v) is 7.70. The lowest BCUT2D eigenvalue weighted by molar-refractivity contribution is 0.0970. The van der Waals surface area contributed by atoms with Crippen molar-refractivity contribution in [1.82, 2.24) is 9.13 Å². The average Bonchev–Trinajstić information content (AvgIpc) is 2.59. The maximum absolute atomic E-state index is 12.9. The maximum atomic E-state index is 12.9. The molecule has 126 valence electrons. The zero-order chi connectivity index (χ0) is 18.0. The molecule has 0 radical (unpaired) electrons. The topological polar surface area (TPSA) is 61.1 Å². The predicted molar refractivity (Wildman–Crippen MR) is 92.0 cm³/mol. The second kappa shape index (κ2) is 6.86. The van der Waals surface area contributed by atoms with Crippen molar-refractivity contribution < 1.29 is 9.18 Å². The van der Waals surface area contributed by atoms with Crippen LogP contribution >= 0.6 is 11.6 Å². The summed E-state index contributed by atoms with van der Waals surface area (Å²) < 4.78 is 15.1. The van der Waals surface area contributed by atoms with E-state index >= 15 is 0 Å². The van der Waals surface area contributed by atoms with Gasteiger partial charge in [0, 0.05) is 23.0 Å². The number of hydrogen-bond acceptors (Lipinski definition) is 3. The lowest BCUT2D eigenvalue weighted by Gasteiger charge is -2.09. The first-order valence-electron chi connectivity index (χ1n) is 7.32. The number of hydrogen-bond donors (Lipinski definition) is 0. The van der Waals surface area contributed by atoms with Gasteiger partial charge < -0.3 is 4.57 Å². The Balaban J connectivity index is 1.93. The number of aromatic nitrogens is 2. The lowest BCUT2D eigenvalue weighted by Crippen LogP contribution is -2.41. The molecule has 0 bridgehead atoms. The van der Waals surface area contributed by atoms with E-state index in [0.717, 1.165) is 21.3 Å². The van der Waals surface area contributed by atoms with Crippen molar-refractivity contribution in [2.45, 2.75) is 6.54 Å². The van der Waals surface area contributed by atoms with Crippen LogP contribution in [-0.2, 0) is 6.54 Å². The van der Waals surface area contributed by atoms with Crippen LogP contribution in [-0.4, -0.2) is 14.9 Å². The van der Waals surface area contributed by atoms with Gasteiger partial charge in [0.1, 0.15) is 5.82 Å². The van der Waals surface area contributed by atoms with Crippen molar-refractivity contribution in [1.29, 1.82) is 0 Å². The fourth-order valence-corrected chi connectivity index (χ4v) is 2.53. The van der Waals surface area contributed by atoms with Gasteiger partial charge in [-0.05, 0) is 42.5 Å². The molecule has 25 heavy (non-hydrogen) atoms. The fraction of sp³-hybridized carbons (Fsp3) is 0.0556. The molecule has 0 aliphatic carbocycles. The van der Waals surface area contributed by atoms with E-state index in [0.29, 0.717) is 10.7 Å². The monoisotopic (exact) mass is 358 g/mol. The van der Waals surface area contributed by atoms with E-state index in [1.807, 2.05) is 0 Å². The van der Waals surface area contributed by atoms with Gasteiger partial charge in [-0.25, -0.2) is 4.39 Å². The summed E-state index contributed by atoms with van der Waals surface area (Å²) in [6.45, 7) is -0.309. The maximum Gasteiger partial charge on any atom is 0.320 e. The molecule has 3 aromatic rings. The minimum absolute atomic E-state index is 0.257. The summed E-state index contributed by atoms with van der Waals surface area (Å²) in [6, 6.07) is 11.5. The van der Waals surface area contributed by atoms with Crippen molar-refractivity contribution in [3.05, 3.63) is 98.0 Å². The molecule has 0 aliphatic rings. The van der Waals surface area contributed by atoms with Crippen LogP contribution < -0.4 is 11.1 Å². The highest BCUT2D eigenvalue weighted by molar-refractivity contribution is 6.30. The molecule has 0 saturated carbocycles. The zero-order valence-electron chi connectivity index (χ0n) is 12.9. The van der Waals surface area contributed by atoms with Crippen molar-refractivity contribution in [2.24, 2.45) is 0 Å². The third kappa shape index (κ3) is 3.59. The molecule has 1 heterocycles. The van der Waals surface area contributed by atoms with Gasteiger partial charge in [0.25, 0.3) is 0 Å². The predicted octanol–water partition coefficient (Wildman–Crippen LogP) is 2.67. The Morgan fingerprint density at radius 2 is 1.72 bits per heavy atom. The van der Waals surface area contributed by atoms with Crippen molar-refractivity contribution in [2.75, 3.05) is 0 Å². The highest BCUT2D eigenvalue weighted by atomic mass is 35.5. The molecule has 0 unspecified atom stereocenters. The molecule has 0 atom stereocenters. The van der Waals surface area contributed by atoms with Crippen LogP contribution in [0.3, 0.4) is 0 Å². The molecule has 0 fully saturated rings. The summed E-state index contributed by atoms with van der Waals surface area (Å²) in [5.41, 5.74) is -0.923. The number of halogens is 2. The Morgan fingerprint density at radius 3 is 2.40 bits per heavy atom. The summed E-state index contributed by atoms with van der Waals surface area (Å²) in [5, 5.41) is 0.431. The normalized spacial score (nSPS) is 10.6. The molecule has 0 saturated heterocycles. The summed E-state index contributed by atoms with van der Waals surface area (Å²) in [6.07, 6.45) is 2.75. The second-order valence-electron chi connectivity index (χ2n) is 5.32. The third-order valence-corrected chi connectivity index (χ3v) is 3.86. The Hall–Kier alpha value is -2.99. The molecule has 0 aliphatic heterocycles. The largest absolute Gasteiger partial charge is 0.320 e. The van der Waals surface area contributed by atoms with Gasteiger partial charge in [-0.1, -0.05) is 17.7 Å². The smallest absolute Gasteiger partial charge is 0.301 e. The molecule has 3 rings (SSSR count). The summed E-state index contributed by atoms with van der Waals surface area (Å²) in [5.74, 6) is -0.861. The molecule has 5 nitrogen and oxygen atoms in total. The molecule has 0 spiro atoms. The van der Waals surface area contributed by atoms with Gasteiger partial charge in [0.2, 0.25) is 0 Å². The Labute approximate surface area is 146 Å². The molecule has 0 amide bonds. The summed E-state index contributed by atoms with van der Waals surface area (Å²) in [4.78, 5) is 36.7. The van der Waals surface area contributed by atoms with Gasteiger partial charge in [0.15, 0.2) is 5.78 Å². The quantitative estimate of drug-likeness (QED) is 0.532. The van der Waals surface area contributed by atoms with Crippen LogP contribution in [0.1, 0.15) is 10.4 Å². The van der Waals surface area contributed by atoms with Gasteiger partial charge in [-0.3, -0.25) is 19.0 Å². The minimum atomic E-state index is -0.835. The van der Waals surface area contributed by atoms with Crippen LogP contribution in [0.4, 0.5) is 4.39 Å². The number of carbonyl (C=O) groups excluding carboxylic acids is 1. The molecule has 2 aromatic carbocycles. The number of ketones is 1. The number of carbonyl (C=O) groups is 1. The van der Waals surface area contributed by atoms with Crippen LogP contribution in [0.15, 0.2) is 70.5 Å². The number of Topliss-reactive ketones (excluding diaryl/α,β-unsaturated/α-hetero) is 1. The standard InChI is InChI=1S/C18H12ClFN2O3/c19-13-2-1-3-15(10-13)22-9-8-21(17(24)18(22)25)11-16(23)12-4-6-14(20)7-5-12/h1-10H,11H2. The lowest BCUT2D eigenvalue weighted by atomic mass is 10.1. The molecule has 0 N–H and O–H groups in total. The SMILES string of the molecule is O=C(Cn1ccn(-c2cccc(Cl)c2)c(=O)c1=O)c1ccc(F)cc1. The number of benzene rings is 2. The van der Waals surface area contributed by atoms with Crippen molar-refractivity contribution >= 4 is 17.4 Å². The fourth-order valence-electron chi connectivity index (χ4n) is 2.34. The first-order chi connectivity index (χ1) is 12.0. The molecular formula is C18H12ClFN2O3. The highest BCUT2D eigenvalue weighted by Gasteiger charge is 2.12. The van der Waals surface area contributed by atoms with E-state index in [9.17, 15) is 18.8 Å². The van der Waals surface area contributed by atoms with E-state index in [2.05, 4.69) is 0 Å². The zero-order valence-corrected chi connectivity index (χ0v) is 13.6. The van der Waals surface area contributed by atoms with E-state index in [1.54, 1.807) is 24.3 Å². The van der Waals surface area contributed by atoms with E-state index in [-0.39, 0.29) is 12.1 Å². The first kappa shape index (κ1) is 16.9. The molecular weight excluding hydrogens is 347 g/mol. The number of nitrogens with zero attached hydrogens (tertiary/aromatic N) is 2. The van der Waals surface area contributed by atoms with Gasteiger partial charge in [0.05, 0.1) is 12.2 Å². The highest BCUT2D eigenvalue weighted by Crippen LogP contribution is 2.12. The van der Waals surface area contributed by atoms with Crippen LogP contribution in [0.25, 0.3) is 5.69 Å². The number of rotatable bonds is 4. The van der Waals surface area contributed by atoms with E-state index in [1.165, 1.54) is 24.5 Å². The van der Waals surface area contributed by atoms with Crippen molar-refractivity contribution in [3.8, 4) is 5.69 Å². The van der Waals surface area contributed by atoms with Gasteiger partial charge in [-0.15, -0.1) is 0 Å². The minimum Gasteiger partial charge on any atom is -0.301 e. The average molecular weight is 359 g/mol.